The molecular weight excluding hydrogens is 236 g/mol. The number of halogens is 1. The van der Waals surface area contributed by atoms with Crippen molar-refractivity contribution in [1.82, 2.24) is 0 Å². The fourth-order valence-electron chi connectivity index (χ4n) is 2.19. The Labute approximate surface area is 107 Å². The van der Waals surface area contributed by atoms with Crippen molar-refractivity contribution in [1.29, 1.82) is 0 Å². The van der Waals surface area contributed by atoms with E-state index in [2.05, 4.69) is 0 Å². The van der Waals surface area contributed by atoms with Crippen LogP contribution in [0.4, 0.5) is 0 Å². The molecule has 1 aromatic rings. The second-order valence-electron chi connectivity index (χ2n) is 4.61. The van der Waals surface area contributed by atoms with E-state index in [1.54, 1.807) is 0 Å². The monoisotopic (exact) mass is 252 g/mol. The van der Waals surface area contributed by atoms with Crippen molar-refractivity contribution in [3.8, 4) is 0 Å². The van der Waals surface area contributed by atoms with E-state index in [0.717, 1.165) is 42.6 Å². The van der Waals surface area contributed by atoms with Crippen LogP contribution < -0.4 is 0 Å². The van der Waals surface area contributed by atoms with Crippen molar-refractivity contribution >= 4 is 17.9 Å². The van der Waals surface area contributed by atoms with Crippen LogP contribution >= 0.6 is 11.6 Å². The highest BCUT2D eigenvalue weighted by molar-refractivity contribution is 6.30. The lowest BCUT2D eigenvalue weighted by Crippen LogP contribution is -2.22. The van der Waals surface area contributed by atoms with Crippen LogP contribution in [0.2, 0.25) is 5.02 Å². The number of hydrogen-bond donors (Lipinski definition) is 0. The highest BCUT2D eigenvalue weighted by atomic mass is 35.5. The number of rotatable bonds is 4. The molecule has 0 aliphatic heterocycles. The third-order valence-corrected chi connectivity index (χ3v) is 3.56. The molecule has 1 aromatic carbocycles. The van der Waals surface area contributed by atoms with Crippen molar-refractivity contribution in [2.45, 2.75) is 38.4 Å². The van der Waals surface area contributed by atoms with Crippen LogP contribution in [0.3, 0.4) is 0 Å². The zero-order chi connectivity index (χ0) is 12.1. The van der Waals surface area contributed by atoms with Gasteiger partial charge in [-0.3, -0.25) is 0 Å². The third kappa shape index (κ3) is 3.83. The van der Waals surface area contributed by atoms with Crippen LogP contribution in [0.5, 0.6) is 0 Å². The van der Waals surface area contributed by atoms with Gasteiger partial charge in [0.2, 0.25) is 0 Å². The first-order chi connectivity index (χ1) is 8.28. The van der Waals surface area contributed by atoms with Gasteiger partial charge in [-0.15, -0.1) is 0 Å². The van der Waals surface area contributed by atoms with Crippen LogP contribution in [0.1, 0.15) is 31.2 Å². The standard InChI is InChI=1S/C14H17ClO2/c15-13-5-1-12(2-6-13)10-17-14-7-3-11(9-16)4-8-14/h1-2,5-6,9,11,14H,3-4,7-8,10H2/t11-,14-. The van der Waals surface area contributed by atoms with Crippen LogP contribution in [0.15, 0.2) is 24.3 Å². The molecule has 0 unspecified atom stereocenters. The molecule has 0 bridgehead atoms. The molecule has 0 atom stereocenters. The van der Waals surface area contributed by atoms with Crippen LogP contribution in [0.25, 0.3) is 0 Å². The molecule has 0 radical (unpaired) electrons. The molecule has 1 aliphatic carbocycles. The SMILES string of the molecule is O=C[C@H]1CC[C@H](OCc2ccc(Cl)cc2)CC1. The van der Waals surface area contributed by atoms with Gasteiger partial charge in [-0.2, -0.15) is 0 Å². The zero-order valence-electron chi connectivity index (χ0n) is 9.77. The maximum atomic E-state index is 10.6. The predicted octanol–water partition coefficient (Wildman–Crippen LogP) is 3.61. The molecule has 0 aromatic heterocycles. The van der Waals surface area contributed by atoms with E-state index in [1.165, 1.54) is 0 Å². The first kappa shape index (κ1) is 12.6. The summed E-state index contributed by atoms with van der Waals surface area (Å²) in [7, 11) is 0. The zero-order valence-corrected chi connectivity index (χ0v) is 10.5. The summed E-state index contributed by atoms with van der Waals surface area (Å²) >= 11 is 5.82. The molecular formula is C14H17ClO2. The Morgan fingerprint density at radius 1 is 1.18 bits per heavy atom. The van der Waals surface area contributed by atoms with Crippen molar-refractivity contribution in [2.24, 2.45) is 5.92 Å². The van der Waals surface area contributed by atoms with Gasteiger partial charge in [0.25, 0.3) is 0 Å². The van der Waals surface area contributed by atoms with Crippen LogP contribution in [0, 0.1) is 5.92 Å². The molecule has 0 saturated heterocycles. The lowest BCUT2D eigenvalue weighted by molar-refractivity contribution is -0.113. The third-order valence-electron chi connectivity index (χ3n) is 3.31. The Morgan fingerprint density at radius 2 is 1.82 bits per heavy atom. The molecule has 17 heavy (non-hydrogen) atoms. The van der Waals surface area contributed by atoms with E-state index in [9.17, 15) is 4.79 Å². The van der Waals surface area contributed by atoms with Gasteiger partial charge in [0.05, 0.1) is 12.7 Å². The molecule has 0 N–H and O–H groups in total. The molecule has 0 spiro atoms. The van der Waals surface area contributed by atoms with Gasteiger partial charge in [-0.1, -0.05) is 23.7 Å². The number of aldehydes is 1. The van der Waals surface area contributed by atoms with E-state index in [1.807, 2.05) is 24.3 Å². The molecule has 3 heteroatoms. The number of hydrogen-bond acceptors (Lipinski definition) is 2. The van der Waals surface area contributed by atoms with Crippen molar-refractivity contribution in [3.63, 3.8) is 0 Å². The summed E-state index contributed by atoms with van der Waals surface area (Å²) in [6, 6.07) is 7.73. The average molecular weight is 253 g/mol. The highest BCUT2D eigenvalue weighted by Gasteiger charge is 2.20. The normalized spacial score (nSPS) is 24.5. The summed E-state index contributed by atoms with van der Waals surface area (Å²) in [6.07, 6.45) is 5.31. The Bertz CT molecular complexity index is 353. The quantitative estimate of drug-likeness (QED) is 0.765. The first-order valence-corrected chi connectivity index (χ1v) is 6.47. The highest BCUT2D eigenvalue weighted by Crippen LogP contribution is 2.25. The summed E-state index contributed by atoms with van der Waals surface area (Å²) in [5.74, 6) is 0.255. The fraction of sp³-hybridized carbons (Fsp3) is 0.500. The Balaban J connectivity index is 1.75. The van der Waals surface area contributed by atoms with Gasteiger partial charge < -0.3 is 9.53 Å². The Kier molecular flexibility index (Phi) is 4.57. The second-order valence-corrected chi connectivity index (χ2v) is 5.05. The summed E-state index contributed by atoms with van der Waals surface area (Å²) < 4.78 is 5.84. The van der Waals surface area contributed by atoms with E-state index >= 15 is 0 Å². The van der Waals surface area contributed by atoms with Crippen LogP contribution in [-0.2, 0) is 16.1 Å². The molecule has 2 nitrogen and oxygen atoms in total. The molecule has 92 valence electrons. The predicted molar refractivity (Wildman–Crippen MR) is 68.1 cm³/mol. The van der Waals surface area contributed by atoms with Gasteiger partial charge in [-0.25, -0.2) is 0 Å². The molecule has 0 amide bonds. The Hall–Kier alpha value is -0.860. The van der Waals surface area contributed by atoms with E-state index in [4.69, 9.17) is 16.3 Å². The maximum absolute atomic E-state index is 10.6. The molecule has 1 aliphatic rings. The number of carbonyl (C=O) groups is 1. The largest absolute Gasteiger partial charge is 0.374 e. The summed E-state index contributed by atoms with van der Waals surface area (Å²) in [5, 5.41) is 0.750. The molecule has 0 heterocycles. The first-order valence-electron chi connectivity index (χ1n) is 6.09. The van der Waals surface area contributed by atoms with Gasteiger partial charge >= 0.3 is 0 Å². The number of ether oxygens (including phenoxy) is 1. The van der Waals surface area contributed by atoms with E-state index in [0.29, 0.717) is 12.7 Å². The summed E-state index contributed by atoms with van der Waals surface area (Å²) in [5.41, 5.74) is 1.15. The summed E-state index contributed by atoms with van der Waals surface area (Å²) in [6.45, 7) is 0.633. The minimum atomic E-state index is 0.255. The van der Waals surface area contributed by atoms with Crippen molar-refractivity contribution < 1.29 is 9.53 Å². The van der Waals surface area contributed by atoms with Gasteiger partial charge in [-0.05, 0) is 43.4 Å². The Morgan fingerprint density at radius 3 is 2.41 bits per heavy atom. The van der Waals surface area contributed by atoms with Crippen molar-refractivity contribution in [3.05, 3.63) is 34.9 Å². The number of carbonyl (C=O) groups excluding carboxylic acids is 1. The topological polar surface area (TPSA) is 26.3 Å². The molecule has 1 fully saturated rings. The van der Waals surface area contributed by atoms with Gasteiger partial charge in [0, 0.05) is 10.9 Å². The summed E-state index contributed by atoms with van der Waals surface area (Å²) in [4.78, 5) is 10.6. The maximum Gasteiger partial charge on any atom is 0.123 e. The lowest BCUT2D eigenvalue weighted by atomic mass is 9.88. The lowest BCUT2D eigenvalue weighted by Gasteiger charge is -2.25. The number of benzene rings is 1. The minimum Gasteiger partial charge on any atom is -0.374 e. The smallest absolute Gasteiger partial charge is 0.123 e. The minimum absolute atomic E-state index is 0.255. The molecule has 1 saturated carbocycles. The molecule has 2 rings (SSSR count). The van der Waals surface area contributed by atoms with Crippen molar-refractivity contribution in [2.75, 3.05) is 0 Å². The second kappa shape index (κ2) is 6.18. The van der Waals surface area contributed by atoms with Crippen LogP contribution in [-0.4, -0.2) is 12.4 Å². The fourth-order valence-corrected chi connectivity index (χ4v) is 2.31. The average Bonchev–Trinajstić information content (AvgIpc) is 2.39. The van der Waals surface area contributed by atoms with E-state index in [-0.39, 0.29) is 5.92 Å². The van der Waals surface area contributed by atoms with Gasteiger partial charge in [0.15, 0.2) is 0 Å². The van der Waals surface area contributed by atoms with Gasteiger partial charge in [0.1, 0.15) is 6.29 Å². The van der Waals surface area contributed by atoms with E-state index < -0.39 is 0 Å².